The SMILES string of the molecule is C=C(CN/C=C/C(C)=O)c1ccccc1. The lowest BCUT2D eigenvalue weighted by Gasteiger charge is -2.05. The molecule has 0 aliphatic carbocycles. The second-order valence-corrected chi connectivity index (χ2v) is 3.29. The van der Waals surface area contributed by atoms with Gasteiger partial charge in [-0.2, -0.15) is 0 Å². The molecule has 0 aliphatic heterocycles. The highest BCUT2D eigenvalue weighted by Gasteiger charge is 1.94. The Morgan fingerprint density at radius 1 is 1.40 bits per heavy atom. The van der Waals surface area contributed by atoms with Gasteiger partial charge in [-0.3, -0.25) is 4.79 Å². The first-order valence-corrected chi connectivity index (χ1v) is 4.84. The van der Waals surface area contributed by atoms with Crippen molar-refractivity contribution >= 4 is 11.4 Å². The van der Waals surface area contributed by atoms with Gasteiger partial charge in [0.05, 0.1) is 0 Å². The molecule has 0 spiro atoms. The molecular formula is C13H15NO. The molecule has 0 bridgehead atoms. The maximum absolute atomic E-state index is 10.6. The van der Waals surface area contributed by atoms with Crippen LogP contribution >= 0.6 is 0 Å². The zero-order valence-corrected chi connectivity index (χ0v) is 8.86. The highest BCUT2D eigenvalue weighted by Crippen LogP contribution is 2.09. The molecule has 2 nitrogen and oxygen atoms in total. The van der Waals surface area contributed by atoms with Crippen molar-refractivity contribution < 1.29 is 4.79 Å². The number of carbonyl (C=O) groups is 1. The third-order valence-electron chi connectivity index (χ3n) is 1.93. The molecule has 1 aromatic rings. The summed E-state index contributed by atoms with van der Waals surface area (Å²) in [6, 6.07) is 9.95. The summed E-state index contributed by atoms with van der Waals surface area (Å²) in [5, 5.41) is 3.01. The van der Waals surface area contributed by atoms with Crippen LogP contribution in [0.25, 0.3) is 5.57 Å². The smallest absolute Gasteiger partial charge is 0.154 e. The average Bonchev–Trinajstić information content (AvgIpc) is 2.25. The molecule has 0 aliphatic rings. The number of nitrogens with one attached hydrogen (secondary N) is 1. The van der Waals surface area contributed by atoms with Gasteiger partial charge >= 0.3 is 0 Å². The molecule has 78 valence electrons. The molecule has 0 saturated heterocycles. The second-order valence-electron chi connectivity index (χ2n) is 3.29. The van der Waals surface area contributed by atoms with Gasteiger partial charge in [0.15, 0.2) is 5.78 Å². The van der Waals surface area contributed by atoms with Crippen LogP contribution in [0.5, 0.6) is 0 Å². The minimum atomic E-state index is 0.0350. The number of ketones is 1. The number of carbonyl (C=O) groups excluding carboxylic acids is 1. The van der Waals surface area contributed by atoms with E-state index in [2.05, 4.69) is 11.9 Å². The highest BCUT2D eigenvalue weighted by atomic mass is 16.1. The van der Waals surface area contributed by atoms with E-state index in [0.29, 0.717) is 6.54 Å². The Morgan fingerprint density at radius 3 is 2.67 bits per heavy atom. The molecule has 1 aromatic carbocycles. The summed E-state index contributed by atoms with van der Waals surface area (Å²) in [5.74, 6) is 0.0350. The van der Waals surface area contributed by atoms with E-state index in [1.54, 1.807) is 6.20 Å². The van der Waals surface area contributed by atoms with Gasteiger partial charge in [0.25, 0.3) is 0 Å². The van der Waals surface area contributed by atoms with E-state index in [1.165, 1.54) is 13.0 Å². The number of hydrogen-bond donors (Lipinski definition) is 1. The Hall–Kier alpha value is -1.83. The minimum Gasteiger partial charge on any atom is -0.387 e. The molecule has 2 heteroatoms. The standard InChI is InChI=1S/C13H15NO/c1-11(10-14-9-8-12(2)15)13-6-4-3-5-7-13/h3-9,14H,1,10H2,2H3/b9-8+. The Bertz CT molecular complexity index is 365. The van der Waals surface area contributed by atoms with Crippen molar-refractivity contribution in [2.24, 2.45) is 0 Å². The summed E-state index contributed by atoms with van der Waals surface area (Å²) in [6.07, 6.45) is 3.15. The first kappa shape index (κ1) is 11.2. The lowest BCUT2D eigenvalue weighted by atomic mass is 10.1. The molecule has 0 atom stereocenters. The zero-order chi connectivity index (χ0) is 11.1. The predicted molar refractivity (Wildman–Crippen MR) is 63.3 cm³/mol. The molecule has 1 N–H and O–H groups in total. The fraction of sp³-hybridized carbons (Fsp3) is 0.154. The zero-order valence-electron chi connectivity index (χ0n) is 8.86. The molecule has 0 fully saturated rings. The van der Waals surface area contributed by atoms with Crippen LogP contribution in [0.4, 0.5) is 0 Å². The quantitative estimate of drug-likeness (QED) is 0.741. The fourth-order valence-corrected chi connectivity index (χ4v) is 1.13. The van der Waals surface area contributed by atoms with Gasteiger partial charge in [0.2, 0.25) is 0 Å². The molecule has 0 aromatic heterocycles. The molecule has 0 amide bonds. The fourth-order valence-electron chi connectivity index (χ4n) is 1.13. The van der Waals surface area contributed by atoms with Gasteiger partial charge in [-0.1, -0.05) is 36.9 Å². The van der Waals surface area contributed by atoms with E-state index < -0.39 is 0 Å². The van der Waals surface area contributed by atoms with Gasteiger partial charge in [-0.05, 0) is 24.1 Å². The van der Waals surface area contributed by atoms with Crippen LogP contribution in [-0.2, 0) is 4.79 Å². The van der Waals surface area contributed by atoms with E-state index in [9.17, 15) is 4.79 Å². The van der Waals surface area contributed by atoms with Crippen LogP contribution in [0.15, 0.2) is 49.2 Å². The van der Waals surface area contributed by atoms with Crippen LogP contribution in [0.3, 0.4) is 0 Å². The summed E-state index contributed by atoms with van der Waals surface area (Å²) in [6.45, 7) is 6.12. The van der Waals surface area contributed by atoms with Crippen LogP contribution in [0.1, 0.15) is 12.5 Å². The lowest BCUT2D eigenvalue weighted by molar-refractivity contribution is -0.112. The minimum absolute atomic E-state index is 0.0350. The van der Waals surface area contributed by atoms with Crippen LogP contribution in [0.2, 0.25) is 0 Å². The molecule has 0 heterocycles. The predicted octanol–water partition coefficient (Wildman–Crippen LogP) is 2.39. The molecular weight excluding hydrogens is 186 g/mol. The number of allylic oxidation sites excluding steroid dienone is 1. The van der Waals surface area contributed by atoms with Gasteiger partial charge in [0, 0.05) is 12.7 Å². The maximum atomic E-state index is 10.6. The normalized spacial score (nSPS) is 10.2. The molecule has 0 saturated carbocycles. The Balaban J connectivity index is 2.41. The van der Waals surface area contributed by atoms with E-state index >= 15 is 0 Å². The van der Waals surface area contributed by atoms with Gasteiger partial charge in [-0.25, -0.2) is 0 Å². The average molecular weight is 201 g/mol. The van der Waals surface area contributed by atoms with Crippen molar-refractivity contribution in [3.8, 4) is 0 Å². The Morgan fingerprint density at radius 2 is 2.07 bits per heavy atom. The highest BCUT2D eigenvalue weighted by molar-refractivity contribution is 5.87. The maximum Gasteiger partial charge on any atom is 0.154 e. The van der Waals surface area contributed by atoms with Crippen LogP contribution < -0.4 is 5.32 Å². The largest absolute Gasteiger partial charge is 0.387 e. The number of hydrogen-bond acceptors (Lipinski definition) is 2. The summed E-state index contributed by atoms with van der Waals surface area (Å²) >= 11 is 0. The van der Waals surface area contributed by atoms with E-state index in [0.717, 1.165) is 11.1 Å². The van der Waals surface area contributed by atoms with Crippen LogP contribution in [-0.4, -0.2) is 12.3 Å². The van der Waals surface area contributed by atoms with Gasteiger partial charge < -0.3 is 5.32 Å². The molecule has 15 heavy (non-hydrogen) atoms. The summed E-state index contributed by atoms with van der Waals surface area (Å²) in [5.41, 5.74) is 2.12. The molecule has 0 unspecified atom stereocenters. The Labute approximate surface area is 90.3 Å². The van der Waals surface area contributed by atoms with Crippen LogP contribution in [0, 0.1) is 0 Å². The molecule has 1 rings (SSSR count). The van der Waals surface area contributed by atoms with E-state index in [1.807, 2.05) is 30.3 Å². The van der Waals surface area contributed by atoms with Crippen molar-refractivity contribution in [3.05, 3.63) is 54.8 Å². The van der Waals surface area contributed by atoms with E-state index in [4.69, 9.17) is 0 Å². The lowest BCUT2D eigenvalue weighted by Crippen LogP contribution is -2.08. The first-order valence-electron chi connectivity index (χ1n) is 4.84. The second kappa shape index (κ2) is 5.81. The third-order valence-corrected chi connectivity index (χ3v) is 1.93. The first-order chi connectivity index (χ1) is 7.20. The van der Waals surface area contributed by atoms with Crippen molar-refractivity contribution in [1.29, 1.82) is 0 Å². The number of benzene rings is 1. The van der Waals surface area contributed by atoms with Crippen molar-refractivity contribution in [3.63, 3.8) is 0 Å². The Kier molecular flexibility index (Phi) is 4.35. The molecule has 0 radical (unpaired) electrons. The topological polar surface area (TPSA) is 29.1 Å². The van der Waals surface area contributed by atoms with Crippen molar-refractivity contribution in [2.45, 2.75) is 6.92 Å². The summed E-state index contributed by atoms with van der Waals surface area (Å²) in [4.78, 5) is 10.6. The van der Waals surface area contributed by atoms with Crippen molar-refractivity contribution in [2.75, 3.05) is 6.54 Å². The van der Waals surface area contributed by atoms with Gasteiger partial charge in [-0.15, -0.1) is 0 Å². The third kappa shape index (κ3) is 4.27. The monoisotopic (exact) mass is 201 g/mol. The van der Waals surface area contributed by atoms with Crippen molar-refractivity contribution in [1.82, 2.24) is 5.32 Å². The number of rotatable bonds is 5. The summed E-state index contributed by atoms with van der Waals surface area (Å²) < 4.78 is 0. The summed E-state index contributed by atoms with van der Waals surface area (Å²) in [7, 11) is 0. The van der Waals surface area contributed by atoms with Gasteiger partial charge in [0.1, 0.15) is 0 Å². The van der Waals surface area contributed by atoms with E-state index in [-0.39, 0.29) is 5.78 Å².